The molecule has 1 aromatic rings. The van der Waals surface area contributed by atoms with Gasteiger partial charge in [-0.1, -0.05) is 0 Å². The third-order valence-electron chi connectivity index (χ3n) is 3.36. The van der Waals surface area contributed by atoms with Crippen LogP contribution in [0.25, 0.3) is 0 Å². The average molecular weight is 266 g/mol. The minimum absolute atomic E-state index is 0.182. The van der Waals surface area contributed by atoms with Gasteiger partial charge in [-0.05, 0) is 44.6 Å². The predicted molar refractivity (Wildman–Crippen MR) is 76.4 cm³/mol. The summed E-state index contributed by atoms with van der Waals surface area (Å²) in [5.74, 6) is 1.23. The molecule has 1 aliphatic heterocycles. The SMILES string of the molecule is Cc1cc(NCC2(C)CCCS2)ccc1[N+](=O)[O-]. The van der Waals surface area contributed by atoms with E-state index in [0.29, 0.717) is 10.3 Å². The molecular formula is C13H18N2O2S. The van der Waals surface area contributed by atoms with E-state index in [4.69, 9.17) is 0 Å². The molecule has 98 valence electrons. The highest BCUT2D eigenvalue weighted by atomic mass is 32.2. The zero-order chi connectivity index (χ0) is 13.2. The smallest absolute Gasteiger partial charge is 0.272 e. The van der Waals surface area contributed by atoms with Crippen molar-refractivity contribution in [2.45, 2.75) is 31.4 Å². The van der Waals surface area contributed by atoms with Crippen LogP contribution in [-0.2, 0) is 0 Å². The molecule has 1 aromatic carbocycles. The van der Waals surface area contributed by atoms with Crippen molar-refractivity contribution in [1.29, 1.82) is 0 Å². The van der Waals surface area contributed by atoms with Crippen LogP contribution in [0.3, 0.4) is 0 Å². The van der Waals surface area contributed by atoms with Gasteiger partial charge < -0.3 is 5.32 Å². The largest absolute Gasteiger partial charge is 0.384 e. The number of rotatable bonds is 4. The molecule has 0 saturated carbocycles. The highest BCUT2D eigenvalue weighted by molar-refractivity contribution is 8.00. The van der Waals surface area contributed by atoms with E-state index < -0.39 is 0 Å². The Morgan fingerprint density at radius 2 is 2.33 bits per heavy atom. The molecule has 0 aromatic heterocycles. The molecule has 0 amide bonds. The standard InChI is InChI=1S/C13H18N2O2S/c1-10-8-11(4-5-12(10)15(16)17)14-9-13(2)6-3-7-18-13/h4-5,8,14H,3,6-7,9H2,1-2H3. The molecule has 1 atom stereocenters. The fourth-order valence-electron chi connectivity index (χ4n) is 2.24. The summed E-state index contributed by atoms with van der Waals surface area (Å²) in [7, 11) is 0. The maximum atomic E-state index is 10.7. The Labute approximate surface area is 111 Å². The number of anilines is 1. The Kier molecular flexibility index (Phi) is 3.80. The van der Waals surface area contributed by atoms with Gasteiger partial charge in [-0.15, -0.1) is 0 Å². The number of hydrogen-bond donors (Lipinski definition) is 1. The monoisotopic (exact) mass is 266 g/mol. The molecule has 0 spiro atoms. The number of aryl methyl sites for hydroxylation is 1. The molecule has 0 radical (unpaired) electrons. The van der Waals surface area contributed by atoms with Crippen LogP contribution >= 0.6 is 11.8 Å². The number of nitrogens with one attached hydrogen (secondary N) is 1. The zero-order valence-electron chi connectivity index (χ0n) is 10.7. The van der Waals surface area contributed by atoms with Crippen molar-refractivity contribution < 1.29 is 4.92 Å². The van der Waals surface area contributed by atoms with E-state index >= 15 is 0 Å². The van der Waals surface area contributed by atoms with Crippen LogP contribution in [-0.4, -0.2) is 22.0 Å². The minimum Gasteiger partial charge on any atom is -0.384 e. The molecule has 18 heavy (non-hydrogen) atoms. The quantitative estimate of drug-likeness (QED) is 0.668. The fourth-order valence-corrected chi connectivity index (χ4v) is 3.48. The molecule has 4 nitrogen and oxygen atoms in total. The summed E-state index contributed by atoms with van der Waals surface area (Å²) in [6.45, 7) is 4.96. The number of hydrogen-bond acceptors (Lipinski definition) is 4. The highest BCUT2D eigenvalue weighted by Crippen LogP contribution is 2.37. The van der Waals surface area contributed by atoms with Gasteiger partial charge in [0.05, 0.1) is 4.92 Å². The molecule has 1 N–H and O–H groups in total. The van der Waals surface area contributed by atoms with Gasteiger partial charge in [0, 0.05) is 28.6 Å². The summed E-state index contributed by atoms with van der Waals surface area (Å²) in [4.78, 5) is 10.4. The zero-order valence-corrected chi connectivity index (χ0v) is 11.5. The van der Waals surface area contributed by atoms with E-state index in [0.717, 1.165) is 12.2 Å². The number of benzene rings is 1. The van der Waals surface area contributed by atoms with Crippen molar-refractivity contribution in [2.75, 3.05) is 17.6 Å². The van der Waals surface area contributed by atoms with Crippen molar-refractivity contribution >= 4 is 23.1 Å². The van der Waals surface area contributed by atoms with Gasteiger partial charge in [0.1, 0.15) is 0 Å². The fraction of sp³-hybridized carbons (Fsp3) is 0.538. The van der Waals surface area contributed by atoms with Crippen molar-refractivity contribution in [3.05, 3.63) is 33.9 Å². The molecule has 0 bridgehead atoms. The Balaban J connectivity index is 2.02. The van der Waals surface area contributed by atoms with E-state index in [1.807, 2.05) is 17.8 Å². The second-order valence-electron chi connectivity index (χ2n) is 5.01. The molecule has 0 aliphatic carbocycles. The molecule has 1 unspecified atom stereocenters. The molecule has 2 rings (SSSR count). The van der Waals surface area contributed by atoms with E-state index in [1.54, 1.807) is 19.1 Å². The van der Waals surface area contributed by atoms with Crippen LogP contribution < -0.4 is 5.32 Å². The second kappa shape index (κ2) is 5.18. The molecule has 5 heteroatoms. The van der Waals surface area contributed by atoms with Gasteiger partial charge >= 0.3 is 0 Å². The third kappa shape index (κ3) is 2.96. The first-order valence-corrected chi connectivity index (χ1v) is 7.12. The first-order valence-electron chi connectivity index (χ1n) is 6.13. The Bertz CT molecular complexity index is 456. The van der Waals surface area contributed by atoms with Crippen LogP contribution in [0.5, 0.6) is 0 Å². The van der Waals surface area contributed by atoms with Gasteiger partial charge in [0.25, 0.3) is 5.69 Å². The maximum absolute atomic E-state index is 10.7. The summed E-state index contributed by atoms with van der Waals surface area (Å²) < 4.78 is 0.301. The van der Waals surface area contributed by atoms with Crippen molar-refractivity contribution in [2.24, 2.45) is 0 Å². The molecule has 1 aliphatic rings. The number of nitro groups is 1. The second-order valence-corrected chi connectivity index (χ2v) is 6.70. The van der Waals surface area contributed by atoms with Crippen LogP contribution in [0.2, 0.25) is 0 Å². The lowest BCUT2D eigenvalue weighted by Crippen LogP contribution is -2.27. The van der Waals surface area contributed by atoms with Crippen LogP contribution in [0.15, 0.2) is 18.2 Å². The van der Waals surface area contributed by atoms with Gasteiger partial charge in [0.15, 0.2) is 0 Å². The first-order chi connectivity index (χ1) is 8.50. The van der Waals surface area contributed by atoms with E-state index in [2.05, 4.69) is 12.2 Å². The third-order valence-corrected chi connectivity index (χ3v) is 4.90. The lowest BCUT2D eigenvalue weighted by Gasteiger charge is -2.23. The lowest BCUT2D eigenvalue weighted by atomic mass is 10.1. The highest BCUT2D eigenvalue weighted by Gasteiger charge is 2.29. The van der Waals surface area contributed by atoms with Gasteiger partial charge in [-0.2, -0.15) is 11.8 Å². The van der Waals surface area contributed by atoms with Gasteiger partial charge in [-0.3, -0.25) is 10.1 Å². The summed E-state index contributed by atoms with van der Waals surface area (Å²) in [6, 6.07) is 5.21. The van der Waals surface area contributed by atoms with Crippen molar-refractivity contribution in [3.63, 3.8) is 0 Å². The number of nitro benzene ring substituents is 1. The van der Waals surface area contributed by atoms with Crippen LogP contribution in [0, 0.1) is 17.0 Å². The van der Waals surface area contributed by atoms with E-state index in [-0.39, 0.29) is 10.6 Å². The Hall–Kier alpha value is -1.23. The van der Waals surface area contributed by atoms with Crippen LogP contribution in [0.4, 0.5) is 11.4 Å². The van der Waals surface area contributed by atoms with Crippen molar-refractivity contribution in [1.82, 2.24) is 0 Å². The topological polar surface area (TPSA) is 55.2 Å². The maximum Gasteiger partial charge on any atom is 0.272 e. The van der Waals surface area contributed by atoms with Gasteiger partial charge in [-0.25, -0.2) is 0 Å². The summed E-state index contributed by atoms with van der Waals surface area (Å²) in [5, 5.41) is 14.1. The molecule has 1 fully saturated rings. The van der Waals surface area contributed by atoms with E-state index in [9.17, 15) is 10.1 Å². The van der Waals surface area contributed by atoms with Crippen molar-refractivity contribution in [3.8, 4) is 0 Å². The Morgan fingerprint density at radius 1 is 1.56 bits per heavy atom. The van der Waals surface area contributed by atoms with Gasteiger partial charge in [0.2, 0.25) is 0 Å². The minimum atomic E-state index is -0.340. The average Bonchev–Trinajstić information content (AvgIpc) is 2.74. The summed E-state index contributed by atoms with van der Waals surface area (Å²) >= 11 is 2.01. The molecule has 1 saturated heterocycles. The number of nitrogens with zero attached hydrogens (tertiary/aromatic N) is 1. The predicted octanol–water partition coefficient (Wildman–Crippen LogP) is 3.60. The summed E-state index contributed by atoms with van der Waals surface area (Å²) in [6.07, 6.45) is 2.51. The molecular weight excluding hydrogens is 248 g/mol. The Morgan fingerprint density at radius 3 is 2.89 bits per heavy atom. The molecule has 1 heterocycles. The summed E-state index contributed by atoms with van der Waals surface area (Å²) in [5.41, 5.74) is 1.85. The lowest BCUT2D eigenvalue weighted by molar-refractivity contribution is -0.385. The first kappa shape index (κ1) is 13.2. The normalized spacial score (nSPS) is 23.0. The number of thioether (sulfide) groups is 1. The van der Waals surface area contributed by atoms with E-state index in [1.165, 1.54) is 18.6 Å². The van der Waals surface area contributed by atoms with Crippen LogP contribution in [0.1, 0.15) is 25.3 Å².